The minimum atomic E-state index is -1.19. The van der Waals surface area contributed by atoms with Crippen LogP contribution in [0, 0.1) is 17.7 Å². The van der Waals surface area contributed by atoms with Crippen molar-refractivity contribution in [2.45, 2.75) is 76.6 Å². The predicted molar refractivity (Wildman–Crippen MR) is 219 cm³/mol. The Bertz CT molecular complexity index is 2020. The highest BCUT2D eigenvalue weighted by Crippen LogP contribution is 2.21. The summed E-state index contributed by atoms with van der Waals surface area (Å²) in [5.74, 6) is -4.46. The fourth-order valence-electron chi connectivity index (χ4n) is 6.61. The minimum absolute atomic E-state index is 0.0130. The number of carbonyl (C=O) groups is 5. The number of nitrogens with two attached hydrogens (primary N) is 3. The number of aromatic amines is 1. The van der Waals surface area contributed by atoms with E-state index in [9.17, 15) is 33.5 Å². The molecule has 0 bridgehead atoms. The van der Waals surface area contributed by atoms with Crippen LogP contribution in [-0.2, 0) is 32.0 Å². The summed E-state index contributed by atoms with van der Waals surface area (Å²) >= 11 is 0. The highest BCUT2D eigenvalue weighted by molar-refractivity contribution is 5.97. The van der Waals surface area contributed by atoms with E-state index in [-0.39, 0.29) is 56.2 Å². The number of aliphatic hydroxyl groups excluding tert-OH is 1. The van der Waals surface area contributed by atoms with Gasteiger partial charge >= 0.3 is 0 Å². The first-order valence-corrected chi connectivity index (χ1v) is 19.3. The number of fused-ring (bicyclic) bond motifs is 1. The van der Waals surface area contributed by atoms with Crippen LogP contribution in [0.25, 0.3) is 10.9 Å². The van der Waals surface area contributed by atoms with E-state index in [4.69, 9.17) is 17.2 Å². The largest absolute Gasteiger partial charge is 0.391 e. The Morgan fingerprint density at radius 2 is 1.45 bits per heavy atom. The summed E-state index contributed by atoms with van der Waals surface area (Å²) in [6.45, 7) is 3.76. The number of aromatic nitrogens is 1. The second kappa shape index (κ2) is 21.9. The molecule has 0 saturated heterocycles. The Balaban J connectivity index is 1.43. The van der Waals surface area contributed by atoms with E-state index in [1.165, 1.54) is 12.1 Å². The third kappa shape index (κ3) is 14.0. The molecule has 4 rings (SSSR count). The van der Waals surface area contributed by atoms with Gasteiger partial charge in [0.1, 0.15) is 23.9 Å². The van der Waals surface area contributed by atoms with Crippen LogP contribution >= 0.6 is 0 Å². The Morgan fingerprint density at radius 1 is 0.776 bits per heavy atom. The lowest BCUT2D eigenvalue weighted by Crippen LogP contribution is -2.54. The van der Waals surface area contributed by atoms with Crippen LogP contribution in [0.5, 0.6) is 0 Å². The van der Waals surface area contributed by atoms with Crippen molar-refractivity contribution >= 4 is 46.4 Å². The molecule has 1 heterocycles. The summed E-state index contributed by atoms with van der Waals surface area (Å²) in [6.07, 6.45) is 1.51. The van der Waals surface area contributed by atoms with Crippen LogP contribution < -0.4 is 38.5 Å². The molecule has 12 N–H and O–H groups in total. The van der Waals surface area contributed by atoms with E-state index in [1.807, 2.05) is 44.2 Å². The number of hydrogen-bond donors (Lipinski definition) is 9. The monoisotopic (exact) mass is 799 g/mol. The van der Waals surface area contributed by atoms with Gasteiger partial charge in [0, 0.05) is 54.5 Å². The third-order valence-corrected chi connectivity index (χ3v) is 9.54. The van der Waals surface area contributed by atoms with Gasteiger partial charge in [-0.3, -0.25) is 29.0 Å². The van der Waals surface area contributed by atoms with Crippen molar-refractivity contribution in [1.82, 2.24) is 26.3 Å². The van der Waals surface area contributed by atoms with Crippen molar-refractivity contribution in [2.75, 3.05) is 13.1 Å². The number of rotatable bonds is 22. The number of aliphatic imine (C=N–C) groups is 1. The normalized spacial score (nSPS) is 13.7. The van der Waals surface area contributed by atoms with Crippen molar-refractivity contribution in [3.63, 3.8) is 0 Å². The molecule has 15 nitrogen and oxygen atoms in total. The van der Waals surface area contributed by atoms with E-state index < -0.39 is 65.5 Å². The molecular formula is C42H54FN9O6. The standard InChI is InChI=1S/C42H54FN9O6/c1-25(2)19-28(21-31(53)24-49-40(57)36(20-26-9-4-3-5-10-26)52-38(55)27-14-16-30(43)17-15-27)39(56)50-34(13-8-18-47-42(45)46)41(58)51-35(37(44)54)22-29-23-48-33-12-7-6-11-32(29)33/h3-7,9-12,14-17,23,25,28,31,34-36,48,53H,8,13,18-22,24H2,1-2H3,(H2,44,54)(H,49,57)(H,50,56)(H,51,58)(H,52,55)(H4,45,46,47)/t28-,31+,34+,35+,36+/m1/s1. The summed E-state index contributed by atoms with van der Waals surface area (Å²) in [4.78, 5) is 73.8. The molecule has 0 spiro atoms. The molecule has 310 valence electrons. The molecular weight excluding hydrogens is 746 g/mol. The quantitative estimate of drug-likeness (QED) is 0.0322. The number of carbonyl (C=O) groups excluding carboxylic acids is 5. The molecule has 0 unspecified atom stereocenters. The molecule has 0 saturated carbocycles. The summed E-state index contributed by atoms with van der Waals surface area (Å²) in [6, 6.07) is 18.2. The van der Waals surface area contributed by atoms with Crippen LogP contribution in [-0.4, -0.2) is 82.9 Å². The minimum Gasteiger partial charge on any atom is -0.391 e. The Kier molecular flexibility index (Phi) is 16.7. The zero-order valence-corrected chi connectivity index (χ0v) is 32.7. The maximum atomic E-state index is 13.9. The molecule has 1 aromatic heterocycles. The maximum Gasteiger partial charge on any atom is 0.251 e. The maximum absolute atomic E-state index is 13.9. The molecule has 0 aliphatic heterocycles. The fraction of sp³-hybridized carbons (Fsp3) is 0.381. The van der Waals surface area contributed by atoms with Gasteiger partial charge in [-0.1, -0.05) is 62.4 Å². The van der Waals surface area contributed by atoms with E-state index >= 15 is 0 Å². The number of guanidine groups is 1. The van der Waals surface area contributed by atoms with Crippen molar-refractivity contribution in [3.05, 3.63) is 108 Å². The molecule has 0 aliphatic carbocycles. The number of amides is 5. The van der Waals surface area contributed by atoms with E-state index in [1.54, 1.807) is 30.5 Å². The van der Waals surface area contributed by atoms with Gasteiger partial charge in [0.2, 0.25) is 23.6 Å². The van der Waals surface area contributed by atoms with Crippen LogP contribution in [0.1, 0.15) is 61.0 Å². The van der Waals surface area contributed by atoms with Gasteiger partial charge < -0.3 is 48.6 Å². The predicted octanol–water partition coefficient (Wildman–Crippen LogP) is 1.93. The molecule has 0 fully saturated rings. The van der Waals surface area contributed by atoms with Crippen molar-refractivity contribution in [3.8, 4) is 0 Å². The Labute approximate surface area is 336 Å². The van der Waals surface area contributed by atoms with Gasteiger partial charge in [-0.05, 0) is 73.1 Å². The first-order chi connectivity index (χ1) is 27.7. The molecule has 3 aromatic carbocycles. The van der Waals surface area contributed by atoms with Gasteiger partial charge in [0.05, 0.1) is 6.10 Å². The fourth-order valence-corrected chi connectivity index (χ4v) is 6.61. The van der Waals surface area contributed by atoms with Gasteiger partial charge in [0.25, 0.3) is 5.91 Å². The smallest absolute Gasteiger partial charge is 0.251 e. The average Bonchev–Trinajstić information content (AvgIpc) is 3.60. The lowest BCUT2D eigenvalue weighted by molar-refractivity contribution is -0.133. The lowest BCUT2D eigenvalue weighted by Gasteiger charge is -2.26. The third-order valence-electron chi connectivity index (χ3n) is 9.54. The van der Waals surface area contributed by atoms with Crippen LogP contribution in [0.4, 0.5) is 4.39 Å². The SMILES string of the molecule is CC(C)C[C@H](C[C@H](O)CNC(=O)[C@H](Cc1ccccc1)NC(=O)c1ccc(F)cc1)C(=O)N[C@@H](CCCN=C(N)N)C(=O)N[C@@H](Cc1c[nH]c2ccccc12)C(N)=O. The summed E-state index contributed by atoms with van der Waals surface area (Å²) in [5, 5.41) is 22.9. The molecule has 0 aliphatic rings. The van der Waals surface area contributed by atoms with Crippen molar-refractivity contribution in [2.24, 2.45) is 34.0 Å². The number of nitrogens with zero attached hydrogens (tertiary/aromatic N) is 1. The Hall–Kier alpha value is -6.29. The Morgan fingerprint density at radius 3 is 2.12 bits per heavy atom. The number of para-hydroxylation sites is 1. The molecule has 5 atom stereocenters. The highest BCUT2D eigenvalue weighted by atomic mass is 19.1. The van der Waals surface area contributed by atoms with Crippen molar-refractivity contribution in [1.29, 1.82) is 0 Å². The first kappa shape index (κ1) is 44.4. The van der Waals surface area contributed by atoms with Crippen LogP contribution in [0.2, 0.25) is 0 Å². The van der Waals surface area contributed by atoms with Gasteiger partial charge in [-0.2, -0.15) is 0 Å². The summed E-state index contributed by atoms with van der Waals surface area (Å²) in [5.41, 5.74) is 19.2. The summed E-state index contributed by atoms with van der Waals surface area (Å²) in [7, 11) is 0. The zero-order valence-electron chi connectivity index (χ0n) is 32.7. The molecule has 58 heavy (non-hydrogen) atoms. The number of hydrogen-bond acceptors (Lipinski definition) is 7. The van der Waals surface area contributed by atoms with Crippen LogP contribution in [0.15, 0.2) is 90.1 Å². The number of H-pyrrole nitrogens is 1. The molecule has 4 aromatic rings. The van der Waals surface area contributed by atoms with E-state index in [2.05, 4.69) is 31.2 Å². The summed E-state index contributed by atoms with van der Waals surface area (Å²) < 4.78 is 13.5. The number of primary amides is 1. The van der Waals surface area contributed by atoms with E-state index in [0.717, 1.165) is 34.2 Å². The number of halogens is 1. The van der Waals surface area contributed by atoms with Crippen molar-refractivity contribution < 1.29 is 33.5 Å². The second-order valence-electron chi connectivity index (χ2n) is 14.7. The zero-order chi connectivity index (χ0) is 42.2. The second-order valence-corrected chi connectivity index (χ2v) is 14.7. The van der Waals surface area contributed by atoms with E-state index in [0.29, 0.717) is 12.8 Å². The van der Waals surface area contributed by atoms with Crippen LogP contribution in [0.3, 0.4) is 0 Å². The first-order valence-electron chi connectivity index (χ1n) is 19.3. The topological polar surface area (TPSA) is 260 Å². The molecule has 16 heteroatoms. The number of nitrogens with one attached hydrogen (secondary N) is 5. The van der Waals surface area contributed by atoms with Gasteiger partial charge in [-0.25, -0.2) is 4.39 Å². The lowest BCUT2D eigenvalue weighted by atomic mass is 9.90. The molecule has 0 radical (unpaired) electrons. The highest BCUT2D eigenvalue weighted by Gasteiger charge is 2.31. The number of benzene rings is 3. The number of aliphatic hydroxyl groups is 1. The van der Waals surface area contributed by atoms with Gasteiger partial charge in [-0.15, -0.1) is 0 Å². The van der Waals surface area contributed by atoms with Gasteiger partial charge in [0.15, 0.2) is 5.96 Å². The molecule has 5 amide bonds. The average molecular weight is 800 g/mol.